The van der Waals surface area contributed by atoms with Crippen LogP contribution in [0.5, 0.6) is 0 Å². The molecule has 0 N–H and O–H groups in total. The number of rotatable bonds is 7. The molecular formula is C21H33NO3Si. The zero-order chi connectivity index (χ0) is 19.5. The normalized spacial score (nSPS) is 20.8. The number of nitrogens with zero attached hydrogens (tertiary/aromatic N) is 1. The molecule has 26 heavy (non-hydrogen) atoms. The summed E-state index contributed by atoms with van der Waals surface area (Å²) >= 11 is 0. The van der Waals surface area contributed by atoms with Gasteiger partial charge in [-0.1, -0.05) is 70.9 Å². The lowest BCUT2D eigenvalue weighted by Crippen LogP contribution is -2.65. The van der Waals surface area contributed by atoms with Crippen molar-refractivity contribution in [2.45, 2.75) is 83.7 Å². The van der Waals surface area contributed by atoms with Gasteiger partial charge in [0.15, 0.2) is 14.4 Å². The molecule has 1 fully saturated rings. The minimum atomic E-state index is -2.11. The van der Waals surface area contributed by atoms with Gasteiger partial charge in [0.25, 0.3) is 5.91 Å². The predicted molar refractivity (Wildman–Crippen MR) is 107 cm³/mol. The second kappa shape index (κ2) is 8.05. The summed E-state index contributed by atoms with van der Waals surface area (Å²) in [5.74, 6) is -0.252. The monoisotopic (exact) mass is 375 g/mol. The Bertz CT molecular complexity index is 636. The molecule has 2 atom stereocenters. The van der Waals surface area contributed by atoms with E-state index in [1.807, 2.05) is 30.3 Å². The highest BCUT2D eigenvalue weighted by molar-refractivity contribution is 6.74. The minimum absolute atomic E-state index is 0.0140. The molecule has 5 heteroatoms. The fraction of sp³-hybridized carbons (Fsp3) is 0.619. The molecule has 2 amide bonds. The van der Waals surface area contributed by atoms with Crippen LogP contribution in [0.25, 0.3) is 0 Å². The van der Waals surface area contributed by atoms with Gasteiger partial charge in [0, 0.05) is 6.42 Å². The van der Waals surface area contributed by atoms with Crippen molar-refractivity contribution in [2.24, 2.45) is 0 Å². The molecule has 1 heterocycles. The zero-order valence-corrected chi connectivity index (χ0v) is 18.0. The maximum absolute atomic E-state index is 12.8. The number of unbranched alkanes of at least 4 members (excludes halogenated alkanes) is 2. The van der Waals surface area contributed by atoms with Crippen molar-refractivity contribution in [1.82, 2.24) is 4.90 Å². The molecule has 1 aliphatic heterocycles. The zero-order valence-electron chi connectivity index (χ0n) is 17.0. The molecule has 4 nitrogen and oxygen atoms in total. The largest absolute Gasteiger partial charge is 0.403 e. The number of β-lactam (4-membered cyclic amide) rings is 1. The number of hydrogen-bond donors (Lipinski definition) is 0. The van der Waals surface area contributed by atoms with Gasteiger partial charge >= 0.3 is 0 Å². The topological polar surface area (TPSA) is 46.6 Å². The average Bonchev–Trinajstić information content (AvgIpc) is 2.57. The van der Waals surface area contributed by atoms with E-state index in [1.54, 1.807) is 0 Å². The molecule has 2 rings (SSSR count). The van der Waals surface area contributed by atoms with Gasteiger partial charge in [-0.2, -0.15) is 0 Å². The highest BCUT2D eigenvalue weighted by Crippen LogP contribution is 2.44. The third kappa shape index (κ3) is 4.26. The van der Waals surface area contributed by atoms with E-state index in [9.17, 15) is 9.59 Å². The van der Waals surface area contributed by atoms with Crippen molar-refractivity contribution in [3.8, 4) is 0 Å². The lowest BCUT2D eigenvalue weighted by Gasteiger charge is -2.50. The molecule has 1 aromatic carbocycles. The number of carbonyl (C=O) groups is 2. The van der Waals surface area contributed by atoms with E-state index in [2.05, 4.69) is 40.8 Å². The SMILES string of the molecule is CCCCCC(=O)N1C(=O)[C@H](O[Si](C)(C)C(C)(C)C)[C@@H]1c1ccccc1. The summed E-state index contributed by atoms with van der Waals surface area (Å²) in [6, 6.07) is 9.49. The van der Waals surface area contributed by atoms with E-state index in [0.717, 1.165) is 24.8 Å². The number of carbonyl (C=O) groups excluding carboxylic acids is 2. The first-order chi connectivity index (χ1) is 12.1. The third-order valence-electron chi connectivity index (χ3n) is 5.68. The van der Waals surface area contributed by atoms with Gasteiger partial charge in [-0.15, -0.1) is 0 Å². The summed E-state index contributed by atoms with van der Waals surface area (Å²) in [6.07, 6.45) is 2.77. The van der Waals surface area contributed by atoms with Gasteiger partial charge < -0.3 is 4.43 Å². The van der Waals surface area contributed by atoms with Crippen molar-refractivity contribution >= 4 is 20.1 Å². The van der Waals surface area contributed by atoms with Crippen LogP contribution in [0.1, 0.15) is 65.0 Å². The Labute approximate surface area is 159 Å². The fourth-order valence-corrected chi connectivity index (χ4v) is 4.19. The Kier molecular flexibility index (Phi) is 6.45. The molecule has 0 unspecified atom stereocenters. The van der Waals surface area contributed by atoms with Gasteiger partial charge in [0.1, 0.15) is 0 Å². The number of hydrogen-bond acceptors (Lipinski definition) is 3. The average molecular weight is 376 g/mol. The Balaban J connectivity index is 2.23. The second-order valence-corrected chi connectivity index (χ2v) is 13.5. The predicted octanol–water partition coefficient (Wildman–Crippen LogP) is 5.07. The molecule has 0 radical (unpaired) electrons. The molecule has 0 spiro atoms. The van der Waals surface area contributed by atoms with E-state index in [1.165, 1.54) is 4.90 Å². The molecular weight excluding hydrogens is 342 g/mol. The van der Waals surface area contributed by atoms with Gasteiger partial charge in [0.05, 0.1) is 6.04 Å². The highest BCUT2D eigenvalue weighted by atomic mass is 28.4. The van der Waals surface area contributed by atoms with Crippen molar-refractivity contribution in [1.29, 1.82) is 0 Å². The van der Waals surface area contributed by atoms with Crippen LogP contribution in [0, 0.1) is 0 Å². The molecule has 0 aliphatic carbocycles. The van der Waals surface area contributed by atoms with Gasteiger partial charge in [-0.05, 0) is 30.1 Å². The van der Waals surface area contributed by atoms with Gasteiger partial charge in [-0.3, -0.25) is 14.5 Å². The Morgan fingerprint density at radius 1 is 1.15 bits per heavy atom. The fourth-order valence-electron chi connectivity index (χ4n) is 2.97. The van der Waals surface area contributed by atoms with Crippen LogP contribution in [0.2, 0.25) is 18.1 Å². The number of imide groups is 1. The lowest BCUT2D eigenvalue weighted by molar-refractivity contribution is -0.173. The Morgan fingerprint density at radius 3 is 2.31 bits per heavy atom. The minimum Gasteiger partial charge on any atom is -0.403 e. The van der Waals surface area contributed by atoms with Crippen molar-refractivity contribution in [2.75, 3.05) is 0 Å². The molecule has 1 saturated heterocycles. The summed E-state index contributed by atoms with van der Waals surface area (Å²) in [5.41, 5.74) is 0.972. The smallest absolute Gasteiger partial charge is 0.260 e. The van der Waals surface area contributed by atoms with Crippen LogP contribution in [-0.2, 0) is 14.0 Å². The van der Waals surface area contributed by atoms with Gasteiger partial charge in [0.2, 0.25) is 5.91 Å². The molecule has 0 bridgehead atoms. The Hall–Kier alpha value is -1.46. The first-order valence-electron chi connectivity index (χ1n) is 9.69. The summed E-state index contributed by atoms with van der Waals surface area (Å²) in [4.78, 5) is 26.9. The van der Waals surface area contributed by atoms with Crippen LogP contribution in [-0.4, -0.2) is 31.1 Å². The number of likely N-dealkylation sites (tertiary alicyclic amines) is 1. The maximum atomic E-state index is 12.8. The van der Waals surface area contributed by atoms with Crippen molar-refractivity contribution < 1.29 is 14.0 Å². The van der Waals surface area contributed by atoms with E-state index >= 15 is 0 Å². The number of benzene rings is 1. The highest BCUT2D eigenvalue weighted by Gasteiger charge is 2.55. The van der Waals surface area contributed by atoms with Crippen molar-refractivity contribution in [3.63, 3.8) is 0 Å². The number of amides is 2. The summed E-state index contributed by atoms with van der Waals surface area (Å²) in [5, 5.41) is 0.0140. The summed E-state index contributed by atoms with van der Waals surface area (Å²) < 4.78 is 6.42. The third-order valence-corrected chi connectivity index (χ3v) is 10.1. The molecule has 0 aromatic heterocycles. The van der Waals surface area contributed by atoms with E-state index in [0.29, 0.717) is 6.42 Å². The molecule has 1 aliphatic rings. The first kappa shape index (κ1) is 20.8. The van der Waals surface area contributed by atoms with E-state index in [4.69, 9.17) is 4.43 Å². The molecule has 144 valence electrons. The van der Waals surface area contributed by atoms with Crippen LogP contribution >= 0.6 is 0 Å². The summed E-state index contributed by atoms with van der Waals surface area (Å²) in [7, 11) is -2.11. The van der Waals surface area contributed by atoms with E-state index in [-0.39, 0.29) is 22.9 Å². The van der Waals surface area contributed by atoms with Crippen molar-refractivity contribution in [3.05, 3.63) is 35.9 Å². The van der Waals surface area contributed by atoms with E-state index < -0.39 is 14.4 Å². The second-order valence-electron chi connectivity index (χ2n) is 8.71. The lowest BCUT2D eigenvalue weighted by atomic mass is 9.90. The standard InChI is InChI=1S/C21H33NO3Si/c1-7-8-10-15-17(23)22-18(16-13-11-9-12-14-16)19(20(22)24)25-26(5,6)21(2,3)4/h9,11-14,18-19H,7-8,10,15H2,1-6H3/t18-,19+/m0/s1. The summed E-state index contributed by atoms with van der Waals surface area (Å²) in [6.45, 7) is 12.9. The van der Waals surface area contributed by atoms with Crippen LogP contribution in [0.4, 0.5) is 0 Å². The van der Waals surface area contributed by atoms with Crippen LogP contribution < -0.4 is 0 Å². The van der Waals surface area contributed by atoms with Crippen LogP contribution in [0.15, 0.2) is 30.3 Å². The quantitative estimate of drug-likeness (QED) is 0.380. The van der Waals surface area contributed by atoms with Crippen LogP contribution in [0.3, 0.4) is 0 Å². The Morgan fingerprint density at radius 2 is 1.77 bits per heavy atom. The van der Waals surface area contributed by atoms with Gasteiger partial charge in [-0.25, -0.2) is 0 Å². The molecule has 1 aromatic rings. The first-order valence-corrected chi connectivity index (χ1v) is 12.6. The molecule has 0 saturated carbocycles. The maximum Gasteiger partial charge on any atom is 0.260 e.